The molecule has 0 bridgehead atoms. The Balaban J connectivity index is 1.16. The van der Waals surface area contributed by atoms with E-state index in [1.54, 1.807) is 47.7 Å². The average Bonchev–Trinajstić information content (AvgIpc) is 3.31. The Bertz CT molecular complexity index is 1620. The quantitative estimate of drug-likeness (QED) is 0.309. The van der Waals surface area contributed by atoms with E-state index in [0.29, 0.717) is 24.1 Å². The minimum atomic E-state index is -0.718. The third-order valence-electron chi connectivity index (χ3n) is 7.79. The van der Waals surface area contributed by atoms with Crippen molar-refractivity contribution in [2.24, 2.45) is 17.8 Å². The predicted molar refractivity (Wildman–Crippen MR) is 161 cm³/mol. The molecule has 6 rings (SSSR count). The third kappa shape index (κ3) is 5.82. The number of pyridine rings is 2. The largest absolute Gasteiger partial charge is 0.492 e. The molecule has 1 unspecified atom stereocenters. The van der Waals surface area contributed by atoms with Crippen LogP contribution >= 0.6 is 0 Å². The maximum absolute atomic E-state index is 12.9. The predicted octanol–water partition coefficient (Wildman–Crippen LogP) is 5.53. The number of hydrogen-bond donors (Lipinski definition) is 1. The van der Waals surface area contributed by atoms with Crippen molar-refractivity contribution in [3.05, 3.63) is 36.8 Å². The molecule has 4 aromatic rings. The Kier molecular flexibility index (Phi) is 6.97. The summed E-state index contributed by atoms with van der Waals surface area (Å²) >= 11 is 0. The van der Waals surface area contributed by atoms with Gasteiger partial charge in [-0.1, -0.05) is 0 Å². The number of aromatic amines is 1. The summed E-state index contributed by atoms with van der Waals surface area (Å²) in [4.78, 5) is 34.1. The monoisotopic (exact) mass is 589 g/mol. The van der Waals surface area contributed by atoms with E-state index in [9.17, 15) is 9.59 Å². The van der Waals surface area contributed by atoms with Crippen LogP contribution in [-0.2, 0) is 9.47 Å². The topological polar surface area (TPSA) is 127 Å². The minimum absolute atomic E-state index is 0.199. The van der Waals surface area contributed by atoms with Gasteiger partial charge in [0.1, 0.15) is 22.8 Å². The smallest absolute Gasteiger partial charge is 0.419 e. The number of carbonyl (C=O) groups excluding carboxylic acids is 2. The van der Waals surface area contributed by atoms with Crippen molar-refractivity contribution in [3.8, 4) is 16.9 Å². The Morgan fingerprint density at radius 2 is 1.70 bits per heavy atom. The first-order chi connectivity index (χ1) is 20.3. The van der Waals surface area contributed by atoms with Gasteiger partial charge in [0.2, 0.25) is 0 Å². The van der Waals surface area contributed by atoms with Crippen LogP contribution in [0, 0.1) is 17.8 Å². The van der Waals surface area contributed by atoms with E-state index in [4.69, 9.17) is 19.2 Å². The zero-order chi connectivity index (χ0) is 30.7. The van der Waals surface area contributed by atoms with Gasteiger partial charge in [0.25, 0.3) is 0 Å². The molecule has 0 spiro atoms. The molecule has 1 aliphatic heterocycles. The van der Waals surface area contributed by atoms with Crippen LogP contribution in [0.3, 0.4) is 0 Å². The molecule has 2 amide bonds. The molecule has 1 saturated carbocycles. The highest BCUT2D eigenvalue weighted by Crippen LogP contribution is 2.53. The molecular weight excluding hydrogens is 550 g/mol. The molecule has 228 valence electrons. The van der Waals surface area contributed by atoms with Gasteiger partial charge in [-0.05, 0) is 84.4 Å². The molecule has 43 heavy (non-hydrogen) atoms. The Morgan fingerprint density at radius 3 is 2.28 bits per heavy atom. The Morgan fingerprint density at radius 1 is 1.02 bits per heavy atom. The molecule has 1 saturated heterocycles. The lowest BCUT2D eigenvalue weighted by Crippen LogP contribution is -2.45. The lowest BCUT2D eigenvalue weighted by molar-refractivity contribution is 0.0000802. The van der Waals surface area contributed by atoms with Gasteiger partial charge in [0, 0.05) is 37.0 Å². The van der Waals surface area contributed by atoms with Crippen LogP contribution in [0.25, 0.3) is 27.7 Å². The van der Waals surface area contributed by atoms with Crippen LogP contribution in [0.1, 0.15) is 48.5 Å². The number of aromatic nitrogens is 5. The molecule has 2 aliphatic rings. The standard InChI is InChI=1S/C31H39N7O5/c1-8-41-19-11-20(26-21-13-33-34-27(21)35-38(26)14-19)18-9-10-25(32-12-18)36-15-22-23(16-36)24(22)17-37(28(39)42-30(2,3)4)29(40)43-31(5,6)7/h9-14,22-24H,8,15-17H2,1-7H3,(H,34,35)/t22-,23+,24?. The van der Waals surface area contributed by atoms with Crippen LogP contribution in [0.2, 0.25) is 0 Å². The number of nitrogens with one attached hydrogen (secondary N) is 1. The first-order valence-corrected chi connectivity index (χ1v) is 14.7. The number of fused-ring (bicyclic) bond motifs is 4. The first kappa shape index (κ1) is 28.8. The van der Waals surface area contributed by atoms with Crippen molar-refractivity contribution >= 4 is 34.6 Å². The Hall–Kier alpha value is -4.35. The van der Waals surface area contributed by atoms with E-state index < -0.39 is 23.4 Å². The molecule has 1 N–H and O–H groups in total. The summed E-state index contributed by atoms with van der Waals surface area (Å²) in [6.07, 6.45) is 4.19. The average molecular weight is 590 g/mol. The maximum Gasteiger partial charge on any atom is 0.419 e. The van der Waals surface area contributed by atoms with Gasteiger partial charge < -0.3 is 19.1 Å². The SMILES string of the molecule is CCOc1cc(-c2ccc(N3C[C@@H]4C(CN(C(=O)OC(C)(C)C)C(=O)OC(C)(C)C)[C@@H]4C3)nc2)c2c3cn[nH]c3nn2c1. The van der Waals surface area contributed by atoms with Crippen molar-refractivity contribution in [2.45, 2.75) is 59.7 Å². The molecule has 2 fully saturated rings. The molecule has 12 nitrogen and oxygen atoms in total. The summed E-state index contributed by atoms with van der Waals surface area (Å²) in [7, 11) is 0. The summed E-state index contributed by atoms with van der Waals surface area (Å²) in [5.74, 6) is 2.54. The molecule has 1 aliphatic carbocycles. The summed E-state index contributed by atoms with van der Waals surface area (Å²) in [5.41, 5.74) is 2.12. The van der Waals surface area contributed by atoms with Crippen molar-refractivity contribution < 1.29 is 23.8 Å². The van der Waals surface area contributed by atoms with Gasteiger partial charge in [-0.2, -0.15) is 5.10 Å². The summed E-state index contributed by atoms with van der Waals surface area (Å²) in [6.45, 7) is 15.1. The lowest BCUT2D eigenvalue weighted by atomic mass is 10.1. The molecule has 0 radical (unpaired) electrons. The zero-order valence-electron chi connectivity index (χ0n) is 25.7. The van der Waals surface area contributed by atoms with Crippen molar-refractivity contribution in [1.82, 2.24) is 29.7 Å². The maximum atomic E-state index is 12.9. The second kappa shape index (κ2) is 10.4. The third-order valence-corrected chi connectivity index (χ3v) is 7.79. The van der Waals surface area contributed by atoms with Gasteiger partial charge in [0.15, 0.2) is 5.65 Å². The fraction of sp³-hybridized carbons (Fsp3) is 0.516. The van der Waals surface area contributed by atoms with Gasteiger partial charge in [-0.15, -0.1) is 5.10 Å². The normalized spacial score (nSPS) is 19.9. The number of nitrogens with zero attached hydrogens (tertiary/aromatic N) is 6. The van der Waals surface area contributed by atoms with E-state index >= 15 is 0 Å². The van der Waals surface area contributed by atoms with Crippen LogP contribution in [0.15, 0.2) is 36.8 Å². The van der Waals surface area contributed by atoms with Gasteiger partial charge in [0.05, 0.1) is 29.9 Å². The van der Waals surface area contributed by atoms with Gasteiger partial charge in [-0.3, -0.25) is 5.10 Å². The number of hydrogen-bond acceptors (Lipinski definition) is 9. The van der Waals surface area contributed by atoms with Crippen molar-refractivity contribution in [2.75, 3.05) is 31.1 Å². The van der Waals surface area contributed by atoms with E-state index in [-0.39, 0.29) is 12.5 Å². The molecule has 3 atom stereocenters. The van der Waals surface area contributed by atoms with Gasteiger partial charge >= 0.3 is 12.2 Å². The van der Waals surface area contributed by atoms with Crippen molar-refractivity contribution in [3.63, 3.8) is 0 Å². The zero-order valence-corrected chi connectivity index (χ0v) is 25.7. The number of carbonyl (C=O) groups is 2. The summed E-state index contributed by atoms with van der Waals surface area (Å²) < 4.78 is 18.7. The number of imide groups is 1. The van der Waals surface area contributed by atoms with Crippen LogP contribution in [0.5, 0.6) is 5.75 Å². The number of H-pyrrole nitrogens is 1. The second-order valence-electron chi connectivity index (χ2n) is 13.3. The molecular formula is C31H39N7O5. The van der Waals surface area contributed by atoms with E-state index in [0.717, 1.165) is 51.6 Å². The van der Waals surface area contributed by atoms with Crippen LogP contribution in [-0.4, -0.2) is 79.3 Å². The van der Waals surface area contributed by atoms with Crippen LogP contribution in [0.4, 0.5) is 15.4 Å². The van der Waals surface area contributed by atoms with Gasteiger partial charge in [-0.25, -0.2) is 24.0 Å². The second-order valence-corrected chi connectivity index (χ2v) is 13.3. The Labute approximate surface area is 250 Å². The number of ether oxygens (including phenoxy) is 3. The van der Waals surface area contributed by atoms with Crippen LogP contribution < -0.4 is 9.64 Å². The highest BCUT2D eigenvalue weighted by molar-refractivity contribution is 6.01. The van der Waals surface area contributed by atoms with Crippen molar-refractivity contribution in [1.29, 1.82) is 0 Å². The van der Waals surface area contributed by atoms with E-state index in [1.807, 2.05) is 36.0 Å². The highest BCUT2D eigenvalue weighted by atomic mass is 16.6. The number of rotatable bonds is 6. The lowest BCUT2D eigenvalue weighted by Gasteiger charge is -2.29. The molecule has 12 heteroatoms. The van der Waals surface area contributed by atoms with E-state index in [1.165, 1.54) is 0 Å². The fourth-order valence-corrected chi connectivity index (χ4v) is 5.91. The highest BCUT2D eigenvalue weighted by Gasteiger charge is 2.57. The molecule has 4 aromatic heterocycles. The summed E-state index contributed by atoms with van der Waals surface area (Å²) in [5, 5.41) is 12.6. The number of piperidine rings is 1. The number of anilines is 1. The first-order valence-electron chi connectivity index (χ1n) is 14.7. The summed E-state index contributed by atoms with van der Waals surface area (Å²) in [6, 6.07) is 6.12. The van der Waals surface area contributed by atoms with E-state index in [2.05, 4.69) is 26.3 Å². The minimum Gasteiger partial charge on any atom is -0.492 e. The number of amides is 2. The molecule has 5 heterocycles. The molecule has 0 aromatic carbocycles. The fourth-order valence-electron chi connectivity index (χ4n) is 5.91.